The smallest absolute Gasteiger partial charge is 0.208 e. The molecule has 1 aliphatic carbocycles. The summed E-state index contributed by atoms with van der Waals surface area (Å²) in [6.07, 6.45) is 9.30. The zero-order chi connectivity index (χ0) is 17.6. The van der Waals surface area contributed by atoms with Gasteiger partial charge in [0, 0.05) is 5.56 Å². The molecular weight excluding hydrogens is 333 g/mol. The maximum absolute atomic E-state index is 14.0. The second-order valence-electron chi connectivity index (χ2n) is 7.26. The lowest BCUT2D eigenvalue weighted by Crippen LogP contribution is -2.13. The van der Waals surface area contributed by atoms with Gasteiger partial charge in [-0.1, -0.05) is 61.7 Å². The van der Waals surface area contributed by atoms with Gasteiger partial charge in [-0.05, 0) is 67.6 Å². The van der Waals surface area contributed by atoms with Crippen molar-refractivity contribution in [2.24, 2.45) is 0 Å². The van der Waals surface area contributed by atoms with E-state index in [1.165, 1.54) is 36.8 Å². The molecule has 1 heterocycles. The molecule has 3 rings (SSSR count). The van der Waals surface area contributed by atoms with Crippen molar-refractivity contribution in [3.05, 3.63) is 64.2 Å². The number of aryl methyl sites for hydroxylation is 1. The van der Waals surface area contributed by atoms with Gasteiger partial charge in [-0.3, -0.25) is 0 Å². The Morgan fingerprint density at radius 3 is 2.28 bits per heavy atom. The van der Waals surface area contributed by atoms with Gasteiger partial charge in [0.15, 0.2) is 0 Å². The number of pyridine rings is 1. The van der Waals surface area contributed by atoms with Crippen LogP contribution in [0.5, 0.6) is 0 Å². The molecule has 1 aromatic carbocycles. The molecular formula is C22H27ClFN. The molecule has 0 aliphatic heterocycles. The molecule has 0 unspecified atom stereocenters. The summed E-state index contributed by atoms with van der Waals surface area (Å²) in [5.41, 5.74) is 3.61. The highest BCUT2D eigenvalue weighted by Gasteiger charge is 2.25. The second kappa shape index (κ2) is 8.80. The van der Waals surface area contributed by atoms with Crippen LogP contribution < -0.4 is 0 Å². The van der Waals surface area contributed by atoms with Gasteiger partial charge in [0.05, 0.1) is 0 Å². The molecule has 0 N–H and O–H groups in total. The zero-order valence-corrected chi connectivity index (χ0v) is 15.7. The number of unbranched alkanes of at least 4 members (excludes halogenated alkanes) is 2. The highest BCUT2D eigenvalue weighted by Crippen LogP contribution is 2.41. The van der Waals surface area contributed by atoms with Gasteiger partial charge < -0.3 is 0 Å². The Balaban J connectivity index is 1.56. The Hall–Kier alpha value is -1.41. The van der Waals surface area contributed by atoms with Crippen LogP contribution in [0.2, 0.25) is 5.15 Å². The minimum absolute atomic E-state index is 0.231. The number of hydrogen-bond donors (Lipinski definition) is 0. The van der Waals surface area contributed by atoms with E-state index in [9.17, 15) is 4.39 Å². The summed E-state index contributed by atoms with van der Waals surface area (Å²) in [6.45, 7) is 2.24. The number of rotatable bonds is 6. The molecule has 1 aromatic heterocycles. The number of halogens is 2. The molecule has 0 amide bonds. The molecule has 0 saturated heterocycles. The highest BCUT2D eigenvalue weighted by atomic mass is 35.5. The van der Waals surface area contributed by atoms with E-state index in [1.54, 1.807) is 12.1 Å². The van der Waals surface area contributed by atoms with Crippen LogP contribution >= 0.6 is 11.6 Å². The van der Waals surface area contributed by atoms with Gasteiger partial charge in [0.1, 0.15) is 5.15 Å². The van der Waals surface area contributed by atoms with Gasteiger partial charge in [0.2, 0.25) is 5.95 Å². The minimum Gasteiger partial charge on any atom is -0.208 e. The summed E-state index contributed by atoms with van der Waals surface area (Å²) in [5.74, 6) is 0.478. The molecule has 1 nitrogen and oxygen atoms in total. The van der Waals surface area contributed by atoms with E-state index in [0.29, 0.717) is 5.92 Å². The first-order chi connectivity index (χ1) is 12.2. The zero-order valence-electron chi connectivity index (χ0n) is 15.0. The third kappa shape index (κ3) is 4.82. The van der Waals surface area contributed by atoms with E-state index in [4.69, 9.17) is 11.6 Å². The van der Waals surface area contributed by atoms with Crippen LogP contribution in [0.1, 0.15) is 80.4 Å². The lowest BCUT2D eigenvalue weighted by atomic mass is 9.76. The van der Waals surface area contributed by atoms with E-state index in [2.05, 4.69) is 36.2 Å². The first kappa shape index (κ1) is 18.4. The fraction of sp³-hybridized carbons (Fsp3) is 0.500. The molecule has 1 fully saturated rings. The molecule has 0 spiro atoms. The van der Waals surface area contributed by atoms with Crippen LogP contribution in [0.3, 0.4) is 0 Å². The Kier molecular flexibility index (Phi) is 6.47. The average molecular weight is 360 g/mol. The Morgan fingerprint density at radius 1 is 0.960 bits per heavy atom. The molecule has 1 saturated carbocycles. The summed E-state index contributed by atoms with van der Waals surface area (Å²) >= 11 is 5.76. The Labute approximate surface area is 155 Å². The molecule has 1 aliphatic rings. The Morgan fingerprint density at radius 2 is 1.64 bits per heavy atom. The van der Waals surface area contributed by atoms with E-state index in [1.807, 2.05) is 0 Å². The molecule has 2 aromatic rings. The lowest BCUT2D eigenvalue weighted by molar-refractivity contribution is 0.384. The van der Waals surface area contributed by atoms with Crippen LogP contribution in [-0.2, 0) is 6.42 Å². The first-order valence-corrected chi connectivity index (χ1v) is 9.96. The molecule has 0 radical (unpaired) electrons. The quantitative estimate of drug-likeness (QED) is 0.397. The normalized spacial score (nSPS) is 20.6. The summed E-state index contributed by atoms with van der Waals surface area (Å²) < 4.78 is 14.0. The summed E-state index contributed by atoms with van der Waals surface area (Å²) in [4.78, 5) is 3.76. The average Bonchev–Trinajstić information content (AvgIpc) is 2.63. The van der Waals surface area contributed by atoms with Crippen LogP contribution in [0.15, 0.2) is 36.4 Å². The fourth-order valence-electron chi connectivity index (χ4n) is 4.00. The van der Waals surface area contributed by atoms with E-state index < -0.39 is 5.95 Å². The summed E-state index contributed by atoms with van der Waals surface area (Å²) in [7, 11) is 0. The van der Waals surface area contributed by atoms with E-state index >= 15 is 0 Å². The van der Waals surface area contributed by atoms with Crippen LogP contribution in [-0.4, -0.2) is 4.98 Å². The van der Waals surface area contributed by atoms with Gasteiger partial charge in [-0.15, -0.1) is 0 Å². The Bertz CT molecular complexity index is 675. The molecule has 0 atom stereocenters. The fourth-order valence-corrected chi connectivity index (χ4v) is 4.14. The van der Waals surface area contributed by atoms with Crippen molar-refractivity contribution < 1.29 is 4.39 Å². The number of benzene rings is 1. The van der Waals surface area contributed by atoms with Crippen molar-refractivity contribution >= 4 is 11.6 Å². The standard InChI is InChI=1S/C22H27ClFN/c1-2-3-4-5-16-6-8-17(9-7-16)18-10-12-19(13-11-18)20-14-15-21(23)25-22(20)24/h6-9,14-15,18-19H,2-5,10-13H2,1H3/t18-,19-. The van der Waals surface area contributed by atoms with Gasteiger partial charge in [-0.2, -0.15) is 4.39 Å². The number of nitrogens with zero attached hydrogens (tertiary/aromatic N) is 1. The van der Waals surface area contributed by atoms with Crippen molar-refractivity contribution in [2.45, 2.75) is 70.1 Å². The number of hydrogen-bond acceptors (Lipinski definition) is 1. The van der Waals surface area contributed by atoms with Crippen molar-refractivity contribution in [3.63, 3.8) is 0 Å². The monoisotopic (exact) mass is 359 g/mol. The van der Waals surface area contributed by atoms with Crippen LogP contribution in [0, 0.1) is 5.95 Å². The van der Waals surface area contributed by atoms with E-state index in [-0.39, 0.29) is 11.1 Å². The van der Waals surface area contributed by atoms with Crippen LogP contribution in [0.4, 0.5) is 4.39 Å². The first-order valence-electron chi connectivity index (χ1n) is 9.58. The van der Waals surface area contributed by atoms with E-state index in [0.717, 1.165) is 31.2 Å². The predicted molar refractivity (Wildman–Crippen MR) is 103 cm³/mol. The topological polar surface area (TPSA) is 12.9 Å². The second-order valence-corrected chi connectivity index (χ2v) is 7.65. The third-order valence-electron chi connectivity index (χ3n) is 5.53. The van der Waals surface area contributed by atoms with Crippen molar-refractivity contribution in [2.75, 3.05) is 0 Å². The summed E-state index contributed by atoms with van der Waals surface area (Å²) in [5, 5.41) is 0.231. The molecule has 134 valence electrons. The largest absolute Gasteiger partial charge is 0.217 e. The lowest BCUT2D eigenvalue weighted by Gasteiger charge is -2.29. The molecule has 0 bridgehead atoms. The SMILES string of the molecule is CCCCCc1ccc([C@H]2CC[C@H](c3ccc(Cl)nc3F)CC2)cc1. The minimum atomic E-state index is -0.396. The highest BCUT2D eigenvalue weighted by molar-refractivity contribution is 6.29. The van der Waals surface area contributed by atoms with Gasteiger partial charge in [0.25, 0.3) is 0 Å². The van der Waals surface area contributed by atoms with Crippen molar-refractivity contribution in [3.8, 4) is 0 Å². The third-order valence-corrected chi connectivity index (χ3v) is 5.74. The number of aromatic nitrogens is 1. The molecule has 3 heteroatoms. The molecule has 25 heavy (non-hydrogen) atoms. The maximum atomic E-state index is 14.0. The maximum Gasteiger partial charge on any atom is 0.217 e. The van der Waals surface area contributed by atoms with Crippen molar-refractivity contribution in [1.82, 2.24) is 4.98 Å². The van der Waals surface area contributed by atoms with Gasteiger partial charge >= 0.3 is 0 Å². The van der Waals surface area contributed by atoms with Gasteiger partial charge in [-0.25, -0.2) is 4.98 Å². The predicted octanol–water partition coefficient (Wildman–Crippen LogP) is 7.05. The summed E-state index contributed by atoms with van der Waals surface area (Å²) in [6, 6.07) is 12.7. The van der Waals surface area contributed by atoms with Crippen molar-refractivity contribution in [1.29, 1.82) is 0 Å². The van der Waals surface area contributed by atoms with Crippen LogP contribution in [0.25, 0.3) is 0 Å².